The van der Waals surface area contributed by atoms with Gasteiger partial charge in [-0.15, -0.1) is 0 Å². The molecule has 0 aromatic carbocycles. The zero-order valence-corrected chi connectivity index (χ0v) is 6.62. The second-order valence-corrected chi connectivity index (χ2v) is 2.51. The van der Waals surface area contributed by atoms with Crippen LogP contribution in [0.25, 0.3) is 6.08 Å². The summed E-state index contributed by atoms with van der Waals surface area (Å²) in [7, 11) is 0. The smallest absolute Gasteiger partial charge is 0.0574 e. The molecule has 0 aliphatic rings. The molecule has 1 rings (SSSR count). The Kier molecular flexibility index (Phi) is 2.39. The molecule has 0 spiro atoms. The van der Waals surface area contributed by atoms with E-state index in [1.165, 1.54) is 0 Å². The number of aromatic nitrogens is 1. The lowest BCUT2D eigenvalue weighted by Crippen LogP contribution is -2.06. The maximum atomic E-state index is 5.64. The fraction of sp³-hybridized carbons (Fsp3) is 0.222. The van der Waals surface area contributed by atoms with E-state index in [-0.39, 0.29) is 6.04 Å². The van der Waals surface area contributed by atoms with E-state index in [2.05, 4.69) is 11.6 Å². The predicted molar refractivity (Wildman–Crippen MR) is 46.9 cm³/mol. The van der Waals surface area contributed by atoms with Crippen LogP contribution in [0.4, 0.5) is 0 Å². The minimum absolute atomic E-state index is 0.00472. The summed E-state index contributed by atoms with van der Waals surface area (Å²) in [5.74, 6) is 0. The maximum absolute atomic E-state index is 5.64. The van der Waals surface area contributed by atoms with Crippen LogP contribution in [0.3, 0.4) is 0 Å². The molecule has 1 heterocycles. The van der Waals surface area contributed by atoms with Gasteiger partial charge in [0, 0.05) is 12.2 Å². The molecule has 1 aromatic rings. The fourth-order valence-corrected chi connectivity index (χ4v) is 0.842. The average molecular weight is 148 g/mol. The van der Waals surface area contributed by atoms with E-state index in [9.17, 15) is 0 Å². The first-order valence-corrected chi connectivity index (χ1v) is 3.58. The molecule has 0 bridgehead atoms. The summed E-state index contributed by atoms with van der Waals surface area (Å²) in [4.78, 5) is 4.11. The molecule has 2 N–H and O–H groups in total. The molecule has 58 valence electrons. The van der Waals surface area contributed by atoms with Crippen molar-refractivity contribution in [2.45, 2.75) is 13.0 Å². The molecule has 1 aromatic heterocycles. The molecule has 0 fully saturated rings. The molecule has 1 atom stereocenters. The van der Waals surface area contributed by atoms with Gasteiger partial charge < -0.3 is 5.73 Å². The van der Waals surface area contributed by atoms with Crippen LogP contribution in [-0.4, -0.2) is 4.98 Å². The van der Waals surface area contributed by atoms with Crippen molar-refractivity contribution in [3.05, 3.63) is 36.2 Å². The van der Waals surface area contributed by atoms with Crippen LogP contribution in [0, 0.1) is 0 Å². The molecular formula is C9H12N2. The van der Waals surface area contributed by atoms with Gasteiger partial charge in [0.25, 0.3) is 0 Å². The predicted octanol–water partition coefficient (Wildman–Crippen LogP) is 1.74. The summed E-state index contributed by atoms with van der Waals surface area (Å²) < 4.78 is 0. The van der Waals surface area contributed by atoms with Crippen LogP contribution in [0.2, 0.25) is 0 Å². The number of pyridine rings is 1. The monoisotopic (exact) mass is 148 g/mol. The van der Waals surface area contributed by atoms with E-state index in [0.717, 1.165) is 11.3 Å². The van der Waals surface area contributed by atoms with Crippen molar-refractivity contribution in [1.82, 2.24) is 4.98 Å². The van der Waals surface area contributed by atoms with Crippen molar-refractivity contribution in [2.75, 3.05) is 0 Å². The van der Waals surface area contributed by atoms with Gasteiger partial charge in [0.2, 0.25) is 0 Å². The Morgan fingerprint density at radius 3 is 3.00 bits per heavy atom. The first-order chi connectivity index (χ1) is 5.24. The van der Waals surface area contributed by atoms with Crippen molar-refractivity contribution in [1.29, 1.82) is 0 Å². The lowest BCUT2D eigenvalue weighted by molar-refractivity contribution is 0.780. The van der Waals surface area contributed by atoms with Crippen LogP contribution in [0.1, 0.15) is 24.2 Å². The Bertz CT molecular complexity index is 253. The Morgan fingerprint density at radius 2 is 2.45 bits per heavy atom. The van der Waals surface area contributed by atoms with Crippen molar-refractivity contribution in [2.24, 2.45) is 5.73 Å². The van der Waals surface area contributed by atoms with Gasteiger partial charge in [0.1, 0.15) is 0 Å². The van der Waals surface area contributed by atoms with Crippen molar-refractivity contribution in [3.63, 3.8) is 0 Å². The summed E-state index contributed by atoms with van der Waals surface area (Å²) in [6.45, 7) is 5.57. The summed E-state index contributed by atoms with van der Waals surface area (Å²) in [5.41, 5.74) is 7.61. The van der Waals surface area contributed by atoms with Gasteiger partial charge in [-0.2, -0.15) is 0 Å². The van der Waals surface area contributed by atoms with E-state index in [4.69, 9.17) is 5.73 Å². The lowest BCUT2D eigenvalue weighted by atomic mass is 10.1. The number of hydrogen-bond donors (Lipinski definition) is 1. The van der Waals surface area contributed by atoms with Gasteiger partial charge in [0.05, 0.1) is 5.69 Å². The second-order valence-electron chi connectivity index (χ2n) is 2.51. The third-order valence-corrected chi connectivity index (χ3v) is 1.51. The quantitative estimate of drug-likeness (QED) is 0.693. The van der Waals surface area contributed by atoms with Crippen molar-refractivity contribution < 1.29 is 0 Å². The third-order valence-electron chi connectivity index (χ3n) is 1.51. The first-order valence-electron chi connectivity index (χ1n) is 3.58. The highest BCUT2D eigenvalue weighted by molar-refractivity contribution is 5.46. The highest BCUT2D eigenvalue weighted by Gasteiger charge is 1.99. The van der Waals surface area contributed by atoms with E-state index >= 15 is 0 Å². The number of rotatable bonds is 2. The van der Waals surface area contributed by atoms with E-state index in [0.29, 0.717) is 0 Å². The van der Waals surface area contributed by atoms with Crippen molar-refractivity contribution in [3.8, 4) is 0 Å². The van der Waals surface area contributed by atoms with Gasteiger partial charge in [-0.05, 0) is 24.6 Å². The molecule has 0 radical (unpaired) electrons. The minimum atomic E-state index is -0.00472. The summed E-state index contributed by atoms with van der Waals surface area (Å²) in [5, 5.41) is 0. The van der Waals surface area contributed by atoms with Crippen LogP contribution in [0.15, 0.2) is 24.9 Å². The van der Waals surface area contributed by atoms with Gasteiger partial charge >= 0.3 is 0 Å². The molecule has 0 amide bonds. The molecular weight excluding hydrogens is 136 g/mol. The van der Waals surface area contributed by atoms with Gasteiger partial charge in [-0.1, -0.05) is 12.7 Å². The van der Waals surface area contributed by atoms with Crippen molar-refractivity contribution >= 4 is 6.08 Å². The van der Waals surface area contributed by atoms with Crippen LogP contribution < -0.4 is 5.73 Å². The molecule has 0 aliphatic carbocycles. The molecule has 0 unspecified atom stereocenters. The minimum Gasteiger partial charge on any atom is -0.323 e. The second kappa shape index (κ2) is 3.30. The first kappa shape index (κ1) is 7.95. The molecule has 0 saturated heterocycles. The molecule has 2 nitrogen and oxygen atoms in total. The molecule has 2 heteroatoms. The van der Waals surface area contributed by atoms with E-state index in [1.807, 2.05) is 19.1 Å². The zero-order valence-electron chi connectivity index (χ0n) is 6.62. The number of hydrogen-bond acceptors (Lipinski definition) is 2. The number of nitrogens with zero attached hydrogens (tertiary/aromatic N) is 1. The average Bonchev–Trinajstić information content (AvgIpc) is 2.05. The molecule has 0 saturated carbocycles. The summed E-state index contributed by atoms with van der Waals surface area (Å²) in [6.07, 6.45) is 3.53. The number of nitrogens with two attached hydrogens (primary N) is 1. The lowest BCUT2D eigenvalue weighted by Gasteiger charge is -2.03. The highest BCUT2D eigenvalue weighted by Crippen LogP contribution is 2.08. The SMILES string of the molecule is C=Cc1ccnc([C@@H](C)N)c1. The Hall–Kier alpha value is -1.15. The largest absolute Gasteiger partial charge is 0.323 e. The van der Waals surface area contributed by atoms with Gasteiger partial charge in [-0.3, -0.25) is 4.98 Å². The fourth-order valence-electron chi connectivity index (χ4n) is 0.842. The standard InChI is InChI=1S/C9H12N2/c1-3-8-4-5-11-9(6-8)7(2)10/h3-7H,1,10H2,2H3/t7-/m1/s1. The maximum Gasteiger partial charge on any atom is 0.0574 e. The zero-order chi connectivity index (χ0) is 8.27. The van der Waals surface area contributed by atoms with Gasteiger partial charge in [-0.25, -0.2) is 0 Å². The van der Waals surface area contributed by atoms with Crippen LogP contribution in [0.5, 0.6) is 0 Å². The molecule has 11 heavy (non-hydrogen) atoms. The molecule has 0 aliphatic heterocycles. The normalized spacial score (nSPS) is 12.5. The van der Waals surface area contributed by atoms with Gasteiger partial charge in [0.15, 0.2) is 0 Å². The van der Waals surface area contributed by atoms with Crippen LogP contribution >= 0.6 is 0 Å². The van der Waals surface area contributed by atoms with E-state index < -0.39 is 0 Å². The van der Waals surface area contributed by atoms with Crippen LogP contribution in [-0.2, 0) is 0 Å². The Morgan fingerprint density at radius 1 is 1.73 bits per heavy atom. The summed E-state index contributed by atoms with van der Waals surface area (Å²) in [6, 6.07) is 3.84. The third kappa shape index (κ3) is 1.88. The topological polar surface area (TPSA) is 38.9 Å². The van der Waals surface area contributed by atoms with E-state index in [1.54, 1.807) is 12.3 Å². The Labute approximate surface area is 66.8 Å². The summed E-state index contributed by atoms with van der Waals surface area (Å²) >= 11 is 0. The Balaban J connectivity index is 3.00. The highest BCUT2D eigenvalue weighted by atomic mass is 14.7.